The van der Waals surface area contributed by atoms with Crippen molar-refractivity contribution < 1.29 is 0 Å². The Morgan fingerprint density at radius 2 is 1.95 bits per heavy atom. The van der Waals surface area contributed by atoms with E-state index < -0.39 is 0 Å². The van der Waals surface area contributed by atoms with Crippen LogP contribution in [0.5, 0.6) is 0 Å². The first-order chi connectivity index (χ1) is 9.20. The first kappa shape index (κ1) is 12.5. The van der Waals surface area contributed by atoms with Crippen molar-refractivity contribution in [1.29, 1.82) is 5.26 Å². The van der Waals surface area contributed by atoms with Crippen molar-refractivity contribution in [3.8, 4) is 6.07 Å². The van der Waals surface area contributed by atoms with Crippen molar-refractivity contribution in [1.82, 2.24) is 4.98 Å². The number of pyridine rings is 1. The number of anilines is 1. The molecule has 1 aromatic heterocycles. The monoisotopic (exact) mass is 255 g/mol. The van der Waals surface area contributed by atoms with Gasteiger partial charge in [-0.15, -0.1) is 0 Å². The number of nitrogens with one attached hydrogen (secondary N) is 1. The van der Waals surface area contributed by atoms with Gasteiger partial charge in [-0.05, 0) is 57.1 Å². The van der Waals surface area contributed by atoms with E-state index in [1.54, 1.807) is 0 Å². The number of fused-ring (bicyclic) bond motifs is 1. The minimum atomic E-state index is 0.126. The zero-order valence-corrected chi connectivity index (χ0v) is 11.6. The van der Waals surface area contributed by atoms with Gasteiger partial charge in [0.25, 0.3) is 0 Å². The van der Waals surface area contributed by atoms with Crippen molar-refractivity contribution in [2.75, 3.05) is 5.32 Å². The van der Waals surface area contributed by atoms with Crippen LogP contribution >= 0.6 is 0 Å². The van der Waals surface area contributed by atoms with Gasteiger partial charge in [-0.2, -0.15) is 5.26 Å². The average Bonchev–Trinajstić information content (AvgIpc) is 2.84. The van der Waals surface area contributed by atoms with Crippen LogP contribution in [0.1, 0.15) is 62.3 Å². The standard InChI is InChI=1S/C16H21N3/c1-16(8-4-5-9-16)19-15-13(11-17)10-12-6-2-3-7-14(12)18-15/h10H,2-9H2,1H3,(H,18,19). The molecule has 1 heterocycles. The van der Waals surface area contributed by atoms with Crippen LogP contribution in [0.3, 0.4) is 0 Å². The Labute approximate surface area is 115 Å². The van der Waals surface area contributed by atoms with Gasteiger partial charge >= 0.3 is 0 Å². The molecule has 100 valence electrons. The number of nitriles is 1. The summed E-state index contributed by atoms with van der Waals surface area (Å²) in [5.41, 5.74) is 3.33. The lowest BCUT2D eigenvalue weighted by atomic mass is 9.94. The van der Waals surface area contributed by atoms with Crippen LogP contribution in [0.4, 0.5) is 5.82 Å². The lowest BCUT2D eigenvalue weighted by Gasteiger charge is -2.27. The molecule has 1 aromatic rings. The summed E-state index contributed by atoms with van der Waals surface area (Å²) in [6, 6.07) is 4.37. The van der Waals surface area contributed by atoms with Crippen LogP contribution in [-0.4, -0.2) is 10.5 Å². The molecule has 2 aliphatic carbocycles. The third-order valence-electron chi connectivity index (χ3n) is 4.55. The van der Waals surface area contributed by atoms with Crippen LogP contribution in [0.2, 0.25) is 0 Å². The smallest absolute Gasteiger partial charge is 0.144 e. The van der Waals surface area contributed by atoms with Gasteiger partial charge in [-0.1, -0.05) is 12.8 Å². The maximum Gasteiger partial charge on any atom is 0.144 e. The van der Waals surface area contributed by atoms with Crippen molar-refractivity contribution in [2.24, 2.45) is 0 Å². The van der Waals surface area contributed by atoms with Gasteiger partial charge in [0.1, 0.15) is 11.9 Å². The molecular weight excluding hydrogens is 234 g/mol. The second-order valence-electron chi connectivity index (χ2n) is 6.20. The Kier molecular flexibility index (Phi) is 3.18. The van der Waals surface area contributed by atoms with E-state index >= 15 is 0 Å². The fraction of sp³-hybridized carbons (Fsp3) is 0.625. The number of rotatable bonds is 2. The van der Waals surface area contributed by atoms with E-state index in [-0.39, 0.29) is 5.54 Å². The minimum Gasteiger partial charge on any atom is -0.364 e. The summed E-state index contributed by atoms with van der Waals surface area (Å²) in [6.07, 6.45) is 9.49. The average molecular weight is 255 g/mol. The normalized spacial score (nSPS) is 20.6. The van der Waals surface area contributed by atoms with E-state index in [0.717, 1.165) is 18.7 Å². The highest BCUT2D eigenvalue weighted by Crippen LogP contribution is 2.34. The molecule has 0 spiro atoms. The number of nitrogens with zero attached hydrogens (tertiary/aromatic N) is 2. The van der Waals surface area contributed by atoms with Crippen LogP contribution in [-0.2, 0) is 12.8 Å². The van der Waals surface area contributed by atoms with Crippen LogP contribution in [0.25, 0.3) is 0 Å². The van der Waals surface area contributed by atoms with E-state index in [2.05, 4.69) is 24.4 Å². The highest BCUT2D eigenvalue weighted by molar-refractivity contribution is 5.56. The molecule has 0 amide bonds. The van der Waals surface area contributed by atoms with Gasteiger partial charge in [-0.25, -0.2) is 4.98 Å². The van der Waals surface area contributed by atoms with E-state index in [4.69, 9.17) is 4.98 Å². The minimum absolute atomic E-state index is 0.126. The van der Waals surface area contributed by atoms with Gasteiger partial charge in [0.15, 0.2) is 0 Å². The third kappa shape index (κ3) is 2.45. The second-order valence-corrected chi connectivity index (χ2v) is 6.20. The summed E-state index contributed by atoms with van der Waals surface area (Å²) in [4.78, 5) is 4.76. The first-order valence-corrected chi connectivity index (χ1v) is 7.41. The van der Waals surface area contributed by atoms with Gasteiger partial charge in [0, 0.05) is 11.2 Å². The molecule has 3 rings (SSSR count). The number of aryl methyl sites for hydroxylation is 2. The molecule has 0 unspecified atom stereocenters. The zero-order chi connectivity index (χ0) is 13.3. The summed E-state index contributed by atoms with van der Waals surface area (Å²) in [7, 11) is 0. The second kappa shape index (κ2) is 4.85. The van der Waals surface area contributed by atoms with Gasteiger partial charge in [0.2, 0.25) is 0 Å². The van der Waals surface area contributed by atoms with Crippen molar-refractivity contribution >= 4 is 5.82 Å². The van der Waals surface area contributed by atoms with Crippen molar-refractivity contribution in [3.05, 3.63) is 22.9 Å². The Bertz CT molecular complexity index is 522. The molecule has 3 nitrogen and oxygen atoms in total. The predicted octanol–water partition coefficient (Wildman–Crippen LogP) is 3.58. The maximum absolute atomic E-state index is 9.35. The maximum atomic E-state index is 9.35. The van der Waals surface area contributed by atoms with Gasteiger partial charge < -0.3 is 5.32 Å². The fourth-order valence-corrected chi connectivity index (χ4v) is 3.38. The highest BCUT2D eigenvalue weighted by atomic mass is 15.1. The highest BCUT2D eigenvalue weighted by Gasteiger charge is 2.30. The Morgan fingerprint density at radius 3 is 2.68 bits per heavy atom. The Hall–Kier alpha value is -1.56. The molecule has 19 heavy (non-hydrogen) atoms. The molecule has 0 aliphatic heterocycles. The van der Waals surface area contributed by atoms with Crippen LogP contribution in [0.15, 0.2) is 6.07 Å². The SMILES string of the molecule is CC1(Nc2nc3c(cc2C#N)CCCC3)CCCC1. The molecule has 0 atom stereocenters. The number of hydrogen-bond acceptors (Lipinski definition) is 3. The van der Waals surface area contributed by atoms with Crippen molar-refractivity contribution in [3.63, 3.8) is 0 Å². The van der Waals surface area contributed by atoms with E-state index in [0.29, 0.717) is 5.56 Å². The summed E-state index contributed by atoms with van der Waals surface area (Å²) in [6.45, 7) is 2.25. The molecular formula is C16H21N3. The summed E-state index contributed by atoms with van der Waals surface area (Å²) in [5, 5.41) is 12.9. The van der Waals surface area contributed by atoms with E-state index in [9.17, 15) is 5.26 Å². The third-order valence-corrected chi connectivity index (χ3v) is 4.55. The quantitative estimate of drug-likeness (QED) is 0.878. The molecule has 0 saturated heterocycles. The summed E-state index contributed by atoms with van der Waals surface area (Å²) >= 11 is 0. The van der Waals surface area contributed by atoms with Gasteiger partial charge in [-0.3, -0.25) is 0 Å². The molecule has 0 bridgehead atoms. The summed E-state index contributed by atoms with van der Waals surface area (Å²) in [5.74, 6) is 0.813. The van der Waals surface area contributed by atoms with Crippen LogP contribution < -0.4 is 5.32 Å². The lowest BCUT2D eigenvalue weighted by molar-refractivity contribution is 0.529. The largest absolute Gasteiger partial charge is 0.364 e. The molecule has 1 saturated carbocycles. The molecule has 2 aliphatic rings. The molecule has 1 N–H and O–H groups in total. The van der Waals surface area contributed by atoms with Gasteiger partial charge in [0.05, 0.1) is 5.56 Å². The number of hydrogen-bond donors (Lipinski definition) is 1. The summed E-state index contributed by atoms with van der Waals surface area (Å²) < 4.78 is 0. The number of aromatic nitrogens is 1. The molecule has 3 heteroatoms. The first-order valence-electron chi connectivity index (χ1n) is 7.41. The molecule has 0 aromatic carbocycles. The predicted molar refractivity (Wildman–Crippen MR) is 76.1 cm³/mol. The molecule has 1 fully saturated rings. The fourth-order valence-electron chi connectivity index (χ4n) is 3.38. The molecule has 0 radical (unpaired) electrons. The Balaban J connectivity index is 1.93. The lowest BCUT2D eigenvalue weighted by Crippen LogP contribution is -2.32. The van der Waals surface area contributed by atoms with E-state index in [1.165, 1.54) is 49.8 Å². The van der Waals surface area contributed by atoms with E-state index in [1.807, 2.05) is 0 Å². The Morgan fingerprint density at radius 1 is 1.21 bits per heavy atom. The van der Waals surface area contributed by atoms with Crippen LogP contribution in [0, 0.1) is 11.3 Å². The zero-order valence-electron chi connectivity index (χ0n) is 11.6. The van der Waals surface area contributed by atoms with Crippen molar-refractivity contribution in [2.45, 2.75) is 63.8 Å². The topological polar surface area (TPSA) is 48.7 Å².